The van der Waals surface area contributed by atoms with E-state index in [4.69, 9.17) is 9.47 Å². The summed E-state index contributed by atoms with van der Waals surface area (Å²) < 4.78 is 10.6. The summed E-state index contributed by atoms with van der Waals surface area (Å²) in [5.41, 5.74) is 1.31. The highest BCUT2D eigenvalue weighted by Crippen LogP contribution is 2.35. The summed E-state index contributed by atoms with van der Waals surface area (Å²) >= 11 is 0. The van der Waals surface area contributed by atoms with Crippen LogP contribution in [0.1, 0.15) is 24.4 Å². The van der Waals surface area contributed by atoms with E-state index in [0.717, 1.165) is 18.0 Å². The van der Waals surface area contributed by atoms with Gasteiger partial charge >= 0.3 is 0 Å². The van der Waals surface area contributed by atoms with Crippen LogP contribution in [0.25, 0.3) is 0 Å². The minimum absolute atomic E-state index is 0.358. The van der Waals surface area contributed by atoms with Gasteiger partial charge in [0, 0.05) is 6.04 Å². The molecule has 0 bridgehead atoms. The molecular weight excluding hydrogens is 178 g/mol. The van der Waals surface area contributed by atoms with Gasteiger partial charge in [-0.1, -0.05) is 6.07 Å². The van der Waals surface area contributed by atoms with E-state index in [1.165, 1.54) is 18.4 Å². The van der Waals surface area contributed by atoms with E-state index in [-0.39, 0.29) is 0 Å². The van der Waals surface area contributed by atoms with Crippen LogP contribution in [0, 0.1) is 0 Å². The molecule has 1 saturated heterocycles. The van der Waals surface area contributed by atoms with Crippen molar-refractivity contribution in [1.82, 2.24) is 5.32 Å². The van der Waals surface area contributed by atoms with Crippen molar-refractivity contribution in [2.75, 3.05) is 13.3 Å². The zero-order valence-corrected chi connectivity index (χ0v) is 7.95. The molecule has 74 valence electrons. The lowest BCUT2D eigenvalue weighted by atomic mass is 10.1. The molecule has 0 amide bonds. The number of hydrogen-bond acceptors (Lipinski definition) is 3. The molecule has 0 aromatic heterocycles. The number of fused-ring (bicyclic) bond motifs is 1. The Morgan fingerprint density at radius 2 is 2.14 bits per heavy atom. The molecule has 0 unspecified atom stereocenters. The summed E-state index contributed by atoms with van der Waals surface area (Å²) in [7, 11) is 0. The first-order valence-corrected chi connectivity index (χ1v) is 5.06. The maximum Gasteiger partial charge on any atom is 0.231 e. The molecule has 2 aliphatic rings. The first kappa shape index (κ1) is 8.12. The predicted molar refractivity (Wildman–Crippen MR) is 52.5 cm³/mol. The SMILES string of the molecule is c1cc2c(cc1[C@@H]1CCCN1)OCO2. The topological polar surface area (TPSA) is 30.5 Å². The fourth-order valence-corrected chi connectivity index (χ4v) is 2.10. The van der Waals surface area contributed by atoms with E-state index in [1.807, 2.05) is 6.07 Å². The number of benzene rings is 1. The molecule has 0 aliphatic carbocycles. The molecule has 14 heavy (non-hydrogen) atoms. The Morgan fingerprint density at radius 3 is 3.00 bits per heavy atom. The minimum Gasteiger partial charge on any atom is -0.454 e. The van der Waals surface area contributed by atoms with E-state index in [2.05, 4.69) is 17.4 Å². The molecule has 1 aromatic rings. The highest BCUT2D eigenvalue weighted by atomic mass is 16.7. The lowest BCUT2D eigenvalue weighted by Gasteiger charge is -2.10. The number of rotatable bonds is 1. The maximum absolute atomic E-state index is 5.35. The minimum atomic E-state index is 0.358. The highest BCUT2D eigenvalue weighted by Gasteiger charge is 2.19. The molecule has 1 N–H and O–H groups in total. The third-order valence-corrected chi connectivity index (χ3v) is 2.86. The Bertz CT molecular complexity index is 345. The van der Waals surface area contributed by atoms with Gasteiger partial charge in [-0.25, -0.2) is 0 Å². The summed E-state index contributed by atoms with van der Waals surface area (Å²) in [6, 6.07) is 6.71. The fourth-order valence-electron chi connectivity index (χ4n) is 2.10. The summed E-state index contributed by atoms with van der Waals surface area (Å²) in [5, 5.41) is 3.47. The average Bonchev–Trinajstić information content (AvgIpc) is 2.88. The quantitative estimate of drug-likeness (QED) is 0.734. The third-order valence-electron chi connectivity index (χ3n) is 2.86. The van der Waals surface area contributed by atoms with E-state index in [9.17, 15) is 0 Å². The molecule has 3 heteroatoms. The van der Waals surface area contributed by atoms with E-state index in [0.29, 0.717) is 12.8 Å². The van der Waals surface area contributed by atoms with Crippen molar-refractivity contribution in [1.29, 1.82) is 0 Å². The van der Waals surface area contributed by atoms with Crippen LogP contribution < -0.4 is 14.8 Å². The monoisotopic (exact) mass is 191 g/mol. The van der Waals surface area contributed by atoms with Gasteiger partial charge in [-0.15, -0.1) is 0 Å². The molecule has 0 spiro atoms. The lowest BCUT2D eigenvalue weighted by Crippen LogP contribution is -2.12. The van der Waals surface area contributed by atoms with Crippen molar-refractivity contribution in [2.45, 2.75) is 18.9 Å². The Hall–Kier alpha value is -1.22. The summed E-state index contributed by atoms with van der Waals surface area (Å²) in [6.45, 7) is 1.48. The second-order valence-electron chi connectivity index (χ2n) is 3.76. The Labute approximate surface area is 83.0 Å². The molecule has 3 nitrogen and oxygen atoms in total. The third kappa shape index (κ3) is 1.24. The second kappa shape index (κ2) is 3.17. The van der Waals surface area contributed by atoms with Crippen LogP contribution >= 0.6 is 0 Å². The van der Waals surface area contributed by atoms with Crippen molar-refractivity contribution in [2.24, 2.45) is 0 Å². The van der Waals surface area contributed by atoms with Gasteiger partial charge in [0.2, 0.25) is 6.79 Å². The van der Waals surface area contributed by atoms with Gasteiger partial charge in [-0.3, -0.25) is 0 Å². The van der Waals surface area contributed by atoms with Gasteiger partial charge < -0.3 is 14.8 Å². The van der Waals surface area contributed by atoms with Gasteiger partial charge in [0.1, 0.15) is 0 Å². The standard InChI is InChI=1S/C11H13NO2/c1-2-9(12-5-1)8-3-4-10-11(6-8)14-7-13-10/h3-4,6,9,12H,1-2,5,7H2/t9-/m0/s1. The van der Waals surface area contributed by atoms with Gasteiger partial charge in [0.15, 0.2) is 11.5 Å². The smallest absolute Gasteiger partial charge is 0.231 e. The largest absolute Gasteiger partial charge is 0.454 e. The normalized spacial score (nSPS) is 24.1. The molecule has 1 fully saturated rings. The van der Waals surface area contributed by atoms with E-state index in [1.54, 1.807) is 0 Å². The van der Waals surface area contributed by atoms with Crippen LogP contribution in [-0.4, -0.2) is 13.3 Å². The van der Waals surface area contributed by atoms with Gasteiger partial charge in [0.05, 0.1) is 0 Å². The van der Waals surface area contributed by atoms with Crippen molar-refractivity contribution in [3.05, 3.63) is 23.8 Å². The first-order chi connectivity index (χ1) is 6.93. The number of ether oxygens (including phenoxy) is 2. The van der Waals surface area contributed by atoms with Crippen LogP contribution in [0.2, 0.25) is 0 Å². The Kier molecular flexibility index (Phi) is 1.84. The molecule has 2 aliphatic heterocycles. The average molecular weight is 191 g/mol. The molecule has 1 aromatic carbocycles. The van der Waals surface area contributed by atoms with Crippen LogP contribution in [0.3, 0.4) is 0 Å². The first-order valence-electron chi connectivity index (χ1n) is 5.06. The Balaban J connectivity index is 1.91. The van der Waals surface area contributed by atoms with Crippen molar-refractivity contribution < 1.29 is 9.47 Å². The summed E-state index contributed by atoms with van der Waals surface area (Å²) in [4.78, 5) is 0. The van der Waals surface area contributed by atoms with Crippen molar-refractivity contribution in [3.8, 4) is 11.5 Å². The molecule has 3 rings (SSSR count). The van der Waals surface area contributed by atoms with Crippen LogP contribution in [0.4, 0.5) is 0 Å². The van der Waals surface area contributed by atoms with Crippen molar-refractivity contribution >= 4 is 0 Å². The molecule has 0 radical (unpaired) electrons. The number of nitrogens with one attached hydrogen (secondary N) is 1. The second-order valence-corrected chi connectivity index (χ2v) is 3.76. The van der Waals surface area contributed by atoms with Crippen LogP contribution in [-0.2, 0) is 0 Å². The maximum atomic E-state index is 5.35. The molecule has 2 heterocycles. The van der Waals surface area contributed by atoms with Crippen LogP contribution in [0.15, 0.2) is 18.2 Å². The summed E-state index contributed by atoms with van der Waals surface area (Å²) in [5.74, 6) is 1.75. The highest BCUT2D eigenvalue weighted by molar-refractivity contribution is 5.45. The van der Waals surface area contributed by atoms with Gasteiger partial charge in [-0.2, -0.15) is 0 Å². The van der Waals surface area contributed by atoms with E-state index >= 15 is 0 Å². The van der Waals surface area contributed by atoms with Gasteiger partial charge in [-0.05, 0) is 37.1 Å². The zero-order chi connectivity index (χ0) is 9.38. The molecule has 1 atom stereocenters. The van der Waals surface area contributed by atoms with Crippen LogP contribution in [0.5, 0.6) is 11.5 Å². The fraction of sp³-hybridized carbons (Fsp3) is 0.455. The van der Waals surface area contributed by atoms with Gasteiger partial charge in [0.25, 0.3) is 0 Å². The Morgan fingerprint density at radius 1 is 1.21 bits per heavy atom. The van der Waals surface area contributed by atoms with E-state index < -0.39 is 0 Å². The number of hydrogen-bond donors (Lipinski definition) is 1. The zero-order valence-electron chi connectivity index (χ0n) is 7.95. The molecule has 0 saturated carbocycles. The van der Waals surface area contributed by atoms with Crippen molar-refractivity contribution in [3.63, 3.8) is 0 Å². The summed E-state index contributed by atoms with van der Waals surface area (Å²) in [6.07, 6.45) is 2.48. The lowest BCUT2D eigenvalue weighted by molar-refractivity contribution is 0.174. The molecular formula is C11H13NO2. The predicted octanol–water partition coefficient (Wildman–Crippen LogP) is 1.84.